The van der Waals surface area contributed by atoms with Crippen molar-refractivity contribution in [2.75, 3.05) is 32.7 Å². The minimum absolute atomic E-state index is 0.968. The summed E-state index contributed by atoms with van der Waals surface area (Å²) in [5.41, 5.74) is 2.76. The van der Waals surface area contributed by atoms with Crippen molar-refractivity contribution in [3.8, 4) is 0 Å². The van der Waals surface area contributed by atoms with Crippen molar-refractivity contribution in [2.45, 2.75) is 25.7 Å². The smallest absolute Gasteiger partial charge is 0.0401 e. The molecule has 0 aromatic heterocycles. The molecule has 3 heteroatoms. The van der Waals surface area contributed by atoms with Crippen LogP contribution in [0.4, 0.5) is 0 Å². The highest BCUT2D eigenvalue weighted by atomic mass is 14.9. The topological polar surface area (TPSA) is 36.4 Å². The summed E-state index contributed by atoms with van der Waals surface area (Å²) in [5.74, 6) is 0. The number of aliphatic imine (C=N–C) groups is 1. The van der Waals surface area contributed by atoms with E-state index in [-0.39, 0.29) is 0 Å². The number of nitrogens with one attached hydrogen (secondary N) is 2. The molecule has 19 heavy (non-hydrogen) atoms. The predicted octanol–water partition coefficient (Wildman–Crippen LogP) is 2.03. The van der Waals surface area contributed by atoms with E-state index in [1.54, 1.807) is 0 Å². The van der Waals surface area contributed by atoms with Crippen LogP contribution in [-0.4, -0.2) is 38.4 Å². The Balaban J connectivity index is 1.48. The average Bonchev–Trinajstić information content (AvgIpc) is 2.48. The first-order valence-electron chi connectivity index (χ1n) is 7.43. The first-order chi connectivity index (χ1) is 9.45. The molecule has 2 rings (SSSR count). The molecule has 3 nitrogen and oxygen atoms in total. The molecule has 0 saturated carbocycles. The van der Waals surface area contributed by atoms with E-state index in [9.17, 15) is 0 Å². The molecule has 0 atom stereocenters. The van der Waals surface area contributed by atoms with Gasteiger partial charge in [0.1, 0.15) is 0 Å². The first-order valence-corrected chi connectivity index (χ1v) is 7.43. The Morgan fingerprint density at radius 2 is 2.05 bits per heavy atom. The zero-order valence-corrected chi connectivity index (χ0v) is 11.7. The molecular weight excluding hydrogens is 234 g/mol. The second kappa shape index (κ2) is 8.83. The summed E-state index contributed by atoms with van der Waals surface area (Å²) in [6.45, 7) is 5.25. The van der Waals surface area contributed by atoms with Crippen LogP contribution in [0.5, 0.6) is 0 Å². The van der Waals surface area contributed by atoms with Crippen LogP contribution in [-0.2, 0) is 6.42 Å². The fourth-order valence-electron chi connectivity index (χ4n) is 2.32. The van der Waals surface area contributed by atoms with E-state index in [4.69, 9.17) is 0 Å². The van der Waals surface area contributed by atoms with Crippen molar-refractivity contribution < 1.29 is 0 Å². The predicted molar refractivity (Wildman–Crippen MR) is 82.0 cm³/mol. The lowest BCUT2D eigenvalue weighted by Gasteiger charge is -2.14. The maximum Gasteiger partial charge on any atom is 0.0401 e. The van der Waals surface area contributed by atoms with Crippen LogP contribution in [0.15, 0.2) is 35.3 Å². The fourth-order valence-corrected chi connectivity index (χ4v) is 2.32. The van der Waals surface area contributed by atoms with Crippen LogP contribution in [0, 0.1) is 0 Å². The molecule has 0 bridgehead atoms. The Morgan fingerprint density at radius 1 is 1.16 bits per heavy atom. The molecule has 2 N–H and O–H groups in total. The molecule has 0 spiro atoms. The van der Waals surface area contributed by atoms with Crippen LogP contribution in [0.25, 0.3) is 0 Å². The van der Waals surface area contributed by atoms with Gasteiger partial charge in [-0.3, -0.25) is 4.99 Å². The van der Waals surface area contributed by atoms with E-state index in [1.807, 2.05) is 0 Å². The number of benzene rings is 1. The lowest BCUT2D eigenvalue weighted by atomic mass is 10.1. The van der Waals surface area contributed by atoms with Gasteiger partial charge in [-0.05, 0) is 50.9 Å². The van der Waals surface area contributed by atoms with Crippen LogP contribution in [0.3, 0.4) is 0 Å². The van der Waals surface area contributed by atoms with Crippen LogP contribution in [0.2, 0.25) is 0 Å². The summed E-state index contributed by atoms with van der Waals surface area (Å²) >= 11 is 0. The van der Waals surface area contributed by atoms with E-state index in [0.29, 0.717) is 0 Å². The van der Waals surface area contributed by atoms with E-state index < -0.39 is 0 Å². The summed E-state index contributed by atoms with van der Waals surface area (Å²) in [7, 11) is 0. The second-order valence-corrected chi connectivity index (χ2v) is 5.07. The highest BCUT2D eigenvalue weighted by Crippen LogP contribution is 1.99. The minimum Gasteiger partial charge on any atom is -0.316 e. The average molecular weight is 259 g/mol. The number of hydrogen-bond donors (Lipinski definition) is 2. The van der Waals surface area contributed by atoms with Gasteiger partial charge >= 0.3 is 0 Å². The number of hydrogen-bond acceptors (Lipinski definition) is 3. The van der Waals surface area contributed by atoms with Crippen LogP contribution < -0.4 is 10.6 Å². The summed E-state index contributed by atoms with van der Waals surface area (Å²) < 4.78 is 0. The largest absolute Gasteiger partial charge is 0.316 e. The molecule has 104 valence electrons. The zero-order chi connectivity index (χ0) is 13.2. The molecule has 1 aromatic rings. The molecule has 1 aromatic carbocycles. The van der Waals surface area contributed by atoms with Crippen molar-refractivity contribution >= 4 is 5.71 Å². The Kier molecular flexibility index (Phi) is 6.61. The second-order valence-electron chi connectivity index (χ2n) is 5.07. The molecule has 1 heterocycles. The van der Waals surface area contributed by atoms with Crippen molar-refractivity contribution in [1.29, 1.82) is 0 Å². The zero-order valence-electron chi connectivity index (χ0n) is 11.7. The van der Waals surface area contributed by atoms with Crippen LogP contribution >= 0.6 is 0 Å². The number of rotatable bonds is 7. The maximum absolute atomic E-state index is 4.65. The third kappa shape index (κ3) is 5.99. The lowest BCUT2D eigenvalue weighted by Crippen LogP contribution is -2.30. The Hall–Kier alpha value is -1.19. The Morgan fingerprint density at radius 3 is 2.84 bits per heavy atom. The number of piperidine rings is 1. The van der Waals surface area contributed by atoms with E-state index in [1.165, 1.54) is 24.1 Å². The summed E-state index contributed by atoms with van der Waals surface area (Å²) in [6, 6.07) is 10.6. The first kappa shape index (κ1) is 14.2. The minimum atomic E-state index is 0.968. The highest BCUT2D eigenvalue weighted by Gasteiger charge is 2.04. The molecule has 0 unspecified atom stereocenters. The Bertz CT molecular complexity index is 365. The molecule has 1 saturated heterocycles. The lowest BCUT2D eigenvalue weighted by molar-refractivity contribution is 0.644. The highest BCUT2D eigenvalue weighted by molar-refractivity contribution is 5.86. The molecule has 0 aliphatic carbocycles. The van der Waals surface area contributed by atoms with Gasteiger partial charge in [0.15, 0.2) is 0 Å². The fraction of sp³-hybridized carbons (Fsp3) is 0.562. The molecule has 1 aliphatic heterocycles. The molecule has 0 amide bonds. The van der Waals surface area contributed by atoms with Gasteiger partial charge in [0.05, 0.1) is 0 Å². The van der Waals surface area contributed by atoms with Crippen molar-refractivity contribution in [2.24, 2.45) is 4.99 Å². The SMILES string of the molecule is c1ccc(CCNCCCN=C2CCCNC2)cc1. The third-order valence-electron chi connectivity index (χ3n) is 3.43. The number of nitrogens with zero attached hydrogens (tertiary/aromatic N) is 1. The maximum atomic E-state index is 4.65. The molecule has 1 aliphatic rings. The van der Waals surface area contributed by atoms with Crippen molar-refractivity contribution in [1.82, 2.24) is 10.6 Å². The van der Waals surface area contributed by atoms with E-state index in [0.717, 1.165) is 45.6 Å². The van der Waals surface area contributed by atoms with Gasteiger partial charge in [0.2, 0.25) is 0 Å². The molecule has 1 fully saturated rings. The van der Waals surface area contributed by atoms with E-state index >= 15 is 0 Å². The van der Waals surface area contributed by atoms with E-state index in [2.05, 4.69) is 46.0 Å². The molecule has 0 radical (unpaired) electrons. The van der Waals surface area contributed by atoms with Crippen molar-refractivity contribution in [3.05, 3.63) is 35.9 Å². The van der Waals surface area contributed by atoms with Gasteiger partial charge in [0, 0.05) is 18.8 Å². The summed E-state index contributed by atoms with van der Waals surface area (Å²) in [4.78, 5) is 4.65. The quantitative estimate of drug-likeness (QED) is 0.735. The molecular formula is C16H25N3. The van der Waals surface area contributed by atoms with Crippen LogP contribution in [0.1, 0.15) is 24.8 Å². The van der Waals surface area contributed by atoms with Gasteiger partial charge in [0.25, 0.3) is 0 Å². The normalized spacial score (nSPS) is 17.8. The Labute approximate surface area is 116 Å². The van der Waals surface area contributed by atoms with Gasteiger partial charge in [-0.25, -0.2) is 0 Å². The standard InChI is InChI=1S/C16H25N3/c1-2-6-15(7-3-1)9-13-17-11-5-12-19-16-8-4-10-18-14-16/h1-3,6-7,17-18H,4-5,8-14H2. The monoisotopic (exact) mass is 259 g/mol. The third-order valence-corrected chi connectivity index (χ3v) is 3.43. The van der Waals surface area contributed by atoms with Gasteiger partial charge < -0.3 is 10.6 Å². The summed E-state index contributed by atoms with van der Waals surface area (Å²) in [5, 5.41) is 6.85. The summed E-state index contributed by atoms with van der Waals surface area (Å²) in [6.07, 6.45) is 4.68. The van der Waals surface area contributed by atoms with Gasteiger partial charge in [-0.2, -0.15) is 0 Å². The van der Waals surface area contributed by atoms with Crippen molar-refractivity contribution in [3.63, 3.8) is 0 Å². The van der Waals surface area contributed by atoms with Gasteiger partial charge in [-0.1, -0.05) is 30.3 Å². The van der Waals surface area contributed by atoms with Gasteiger partial charge in [-0.15, -0.1) is 0 Å².